The Balaban J connectivity index is 1.62. The number of halogens is 6. The minimum absolute atomic E-state index is 0.632. The maximum Gasteiger partial charge on any atom is 0.380 e. The van der Waals surface area contributed by atoms with Gasteiger partial charge >= 0.3 is 17.8 Å². The SMILES string of the molecule is CC12C=C(c3ccccc3)SC1C1=C(C3SC(c4ccccc4)=CC32C)C(F)(F)C(F)(F)C1(F)F. The third-order valence-corrected chi connectivity index (χ3v) is 11.1. The van der Waals surface area contributed by atoms with Crippen LogP contribution in [0.1, 0.15) is 25.0 Å². The molecule has 0 bridgehead atoms. The molecule has 0 radical (unpaired) electrons. The molecule has 4 unspecified atom stereocenters. The Morgan fingerprint density at radius 3 is 1.26 bits per heavy atom. The standard InChI is InChI=1S/C27H20F6S2/c1-23-13-17(15-9-5-3-6-10-15)34-21(23)19-20(26(30,31)27(32,33)25(19,28)29)22-24(23,2)14-18(35-22)16-11-7-4-8-12-16/h3-14,21-22H,1-2H3. The Morgan fingerprint density at radius 2 is 0.914 bits per heavy atom. The number of hydrogen-bond acceptors (Lipinski definition) is 2. The first-order chi connectivity index (χ1) is 16.4. The quantitative estimate of drug-likeness (QED) is 0.286. The van der Waals surface area contributed by atoms with Crippen molar-refractivity contribution in [3.8, 4) is 0 Å². The molecular weight excluding hydrogens is 502 g/mol. The number of rotatable bonds is 2. The molecule has 0 nitrogen and oxygen atoms in total. The van der Waals surface area contributed by atoms with Crippen LogP contribution in [-0.4, -0.2) is 28.3 Å². The maximum atomic E-state index is 15.3. The molecule has 0 spiro atoms. The van der Waals surface area contributed by atoms with Crippen molar-refractivity contribution in [1.82, 2.24) is 0 Å². The lowest BCUT2D eigenvalue weighted by atomic mass is 9.55. The lowest BCUT2D eigenvalue weighted by Gasteiger charge is -2.51. The van der Waals surface area contributed by atoms with Crippen molar-refractivity contribution >= 4 is 33.3 Å². The third kappa shape index (κ3) is 2.70. The highest BCUT2D eigenvalue weighted by molar-refractivity contribution is 8.10. The Labute approximate surface area is 207 Å². The van der Waals surface area contributed by atoms with Gasteiger partial charge in [-0.2, -0.15) is 26.3 Å². The highest BCUT2D eigenvalue weighted by Crippen LogP contribution is 2.77. The summed E-state index contributed by atoms with van der Waals surface area (Å²) in [5, 5.41) is -2.51. The van der Waals surface area contributed by atoms with Crippen LogP contribution in [0.25, 0.3) is 9.81 Å². The van der Waals surface area contributed by atoms with Gasteiger partial charge in [-0.25, -0.2) is 0 Å². The van der Waals surface area contributed by atoms with E-state index in [4.69, 9.17) is 0 Å². The van der Waals surface area contributed by atoms with E-state index in [9.17, 15) is 8.78 Å². The summed E-state index contributed by atoms with van der Waals surface area (Å²) in [5.41, 5.74) is -2.91. The number of fused-ring (bicyclic) bond motifs is 5. The zero-order valence-corrected chi connectivity index (χ0v) is 20.3. The van der Waals surface area contributed by atoms with Crippen molar-refractivity contribution in [2.75, 3.05) is 0 Å². The van der Waals surface area contributed by atoms with Crippen molar-refractivity contribution < 1.29 is 26.3 Å². The van der Waals surface area contributed by atoms with E-state index in [1.807, 2.05) is 24.3 Å². The molecule has 0 aromatic heterocycles. The molecule has 2 aromatic rings. The fourth-order valence-corrected chi connectivity index (χ4v) is 9.45. The fourth-order valence-electron chi connectivity index (χ4n) is 5.85. The maximum absolute atomic E-state index is 15.3. The summed E-state index contributed by atoms with van der Waals surface area (Å²) in [6.07, 6.45) is 3.67. The van der Waals surface area contributed by atoms with E-state index in [-0.39, 0.29) is 0 Å². The van der Waals surface area contributed by atoms with Gasteiger partial charge in [-0.15, -0.1) is 23.5 Å². The van der Waals surface area contributed by atoms with E-state index in [2.05, 4.69) is 0 Å². The average molecular weight is 523 g/mol. The second-order valence-corrected chi connectivity index (χ2v) is 12.2. The molecule has 4 aliphatic rings. The Kier molecular flexibility index (Phi) is 4.69. The Hall–Kier alpha value is -2.06. The van der Waals surface area contributed by atoms with Crippen LogP contribution in [0.5, 0.6) is 0 Å². The first-order valence-corrected chi connectivity index (χ1v) is 12.9. The van der Waals surface area contributed by atoms with Gasteiger partial charge in [0.2, 0.25) is 0 Å². The van der Waals surface area contributed by atoms with Crippen LogP contribution in [-0.2, 0) is 0 Å². The fraction of sp³-hybridized carbons (Fsp3) is 0.333. The monoisotopic (exact) mass is 522 g/mol. The number of alkyl halides is 6. The van der Waals surface area contributed by atoms with Gasteiger partial charge in [0.25, 0.3) is 0 Å². The van der Waals surface area contributed by atoms with Crippen LogP contribution < -0.4 is 0 Å². The van der Waals surface area contributed by atoms with Gasteiger partial charge in [-0.1, -0.05) is 86.7 Å². The largest absolute Gasteiger partial charge is 0.380 e. The molecule has 8 heteroatoms. The molecule has 182 valence electrons. The normalized spacial score (nSPS) is 35.8. The summed E-state index contributed by atoms with van der Waals surface area (Å²) in [6.45, 7) is 3.49. The number of benzene rings is 2. The molecule has 2 aliphatic heterocycles. The van der Waals surface area contributed by atoms with Crippen LogP contribution in [0.4, 0.5) is 26.3 Å². The molecule has 0 saturated carbocycles. The van der Waals surface area contributed by atoms with Gasteiger partial charge in [0.05, 0.1) is 0 Å². The van der Waals surface area contributed by atoms with Gasteiger partial charge in [0, 0.05) is 42.3 Å². The molecule has 2 aliphatic carbocycles. The summed E-state index contributed by atoms with van der Waals surface area (Å²) >= 11 is 1.98. The predicted molar refractivity (Wildman–Crippen MR) is 130 cm³/mol. The van der Waals surface area contributed by atoms with E-state index >= 15 is 17.6 Å². The molecule has 0 N–H and O–H groups in total. The second-order valence-electron chi connectivity index (χ2n) is 9.86. The summed E-state index contributed by atoms with van der Waals surface area (Å²) < 4.78 is 91.0. The Morgan fingerprint density at radius 1 is 0.571 bits per heavy atom. The van der Waals surface area contributed by atoms with E-state index < -0.39 is 50.2 Å². The van der Waals surface area contributed by atoms with E-state index in [1.165, 1.54) is 0 Å². The number of thioether (sulfide) groups is 2. The van der Waals surface area contributed by atoms with Crippen molar-refractivity contribution in [2.45, 2.75) is 42.1 Å². The molecule has 0 fully saturated rings. The van der Waals surface area contributed by atoms with E-state index in [0.717, 1.165) is 34.7 Å². The number of allylic oxidation sites excluding steroid dienone is 2. The van der Waals surface area contributed by atoms with Crippen molar-refractivity contribution in [3.63, 3.8) is 0 Å². The van der Waals surface area contributed by atoms with Crippen molar-refractivity contribution in [1.29, 1.82) is 0 Å². The van der Waals surface area contributed by atoms with Gasteiger partial charge < -0.3 is 0 Å². The Bertz CT molecular complexity index is 1210. The predicted octanol–water partition coefficient (Wildman–Crippen LogP) is 8.54. The summed E-state index contributed by atoms with van der Waals surface area (Å²) in [5.74, 6) is -15.4. The molecule has 6 rings (SSSR count). The van der Waals surface area contributed by atoms with Crippen LogP contribution in [0.15, 0.2) is 84.0 Å². The van der Waals surface area contributed by atoms with Gasteiger partial charge in [0.1, 0.15) is 0 Å². The molecule has 2 aromatic carbocycles. The van der Waals surface area contributed by atoms with Crippen molar-refractivity contribution in [2.24, 2.45) is 10.8 Å². The van der Waals surface area contributed by atoms with Crippen LogP contribution in [0.3, 0.4) is 0 Å². The van der Waals surface area contributed by atoms with Crippen LogP contribution in [0, 0.1) is 10.8 Å². The molecule has 0 saturated heterocycles. The van der Waals surface area contributed by atoms with E-state index in [1.54, 1.807) is 62.4 Å². The van der Waals surface area contributed by atoms with Gasteiger partial charge in [-0.3, -0.25) is 0 Å². The topological polar surface area (TPSA) is 0 Å². The lowest BCUT2D eigenvalue weighted by Crippen LogP contribution is -2.53. The molecule has 2 heterocycles. The highest BCUT2D eigenvalue weighted by Gasteiger charge is 2.85. The summed E-state index contributed by atoms with van der Waals surface area (Å²) in [4.78, 5) is 1.26. The first-order valence-electron chi connectivity index (χ1n) is 11.1. The van der Waals surface area contributed by atoms with Gasteiger partial charge in [-0.05, 0) is 11.1 Å². The first kappa shape index (κ1) is 23.3. The lowest BCUT2D eigenvalue weighted by molar-refractivity contribution is -0.265. The summed E-state index contributed by atoms with van der Waals surface area (Å²) in [6, 6.07) is 18.0. The zero-order valence-electron chi connectivity index (χ0n) is 18.7. The van der Waals surface area contributed by atoms with E-state index in [0.29, 0.717) is 9.81 Å². The second kappa shape index (κ2) is 7.03. The molecule has 4 atom stereocenters. The third-order valence-electron chi connectivity index (χ3n) is 8.00. The minimum Gasteiger partial charge on any atom is -0.194 e. The van der Waals surface area contributed by atoms with Crippen molar-refractivity contribution in [3.05, 3.63) is 95.1 Å². The van der Waals surface area contributed by atoms with Crippen LogP contribution >= 0.6 is 23.5 Å². The molecule has 35 heavy (non-hydrogen) atoms. The van der Waals surface area contributed by atoms with Crippen LogP contribution in [0.2, 0.25) is 0 Å². The molecule has 0 amide bonds. The van der Waals surface area contributed by atoms with Gasteiger partial charge in [0.15, 0.2) is 0 Å². The zero-order chi connectivity index (χ0) is 25.0. The minimum atomic E-state index is -5.50. The summed E-state index contributed by atoms with van der Waals surface area (Å²) in [7, 11) is 0. The smallest absolute Gasteiger partial charge is 0.194 e. The molecular formula is C27H20F6S2. The highest BCUT2D eigenvalue weighted by atomic mass is 32.2. The number of hydrogen-bond donors (Lipinski definition) is 0. The average Bonchev–Trinajstić information content (AvgIpc) is 3.40.